The molecule has 0 fully saturated rings. The average molecular weight is 511 g/mol. The highest BCUT2D eigenvalue weighted by molar-refractivity contribution is 6.00. The zero-order valence-electron chi connectivity index (χ0n) is 19.9. The van der Waals surface area contributed by atoms with E-state index in [4.69, 9.17) is 9.84 Å². The van der Waals surface area contributed by atoms with Crippen LogP contribution in [0.1, 0.15) is 23.6 Å². The Hall–Kier alpha value is -4.37. The van der Waals surface area contributed by atoms with Crippen molar-refractivity contribution in [3.63, 3.8) is 0 Å². The normalized spacial score (nSPS) is 11.9. The molecule has 9 heteroatoms. The number of allylic oxidation sites excluding steroid dienone is 2. The van der Waals surface area contributed by atoms with Crippen LogP contribution < -0.4 is 15.4 Å². The number of carbonyl (C=O) groups excluding carboxylic acids is 2. The summed E-state index contributed by atoms with van der Waals surface area (Å²) < 4.78 is 44.5. The van der Waals surface area contributed by atoms with E-state index in [2.05, 4.69) is 10.6 Å². The molecule has 0 unspecified atom stereocenters. The number of alkyl halides is 3. The molecule has 37 heavy (non-hydrogen) atoms. The molecule has 0 aromatic heterocycles. The first-order chi connectivity index (χ1) is 17.7. The van der Waals surface area contributed by atoms with Gasteiger partial charge in [0.15, 0.2) is 0 Å². The summed E-state index contributed by atoms with van der Waals surface area (Å²) in [4.78, 5) is 23.6. The third-order valence-corrected chi connectivity index (χ3v) is 5.09. The van der Waals surface area contributed by atoms with E-state index in [1.54, 1.807) is 54.6 Å². The summed E-state index contributed by atoms with van der Waals surface area (Å²) in [5, 5.41) is 13.9. The van der Waals surface area contributed by atoms with Crippen LogP contribution in [0.2, 0.25) is 0 Å². The van der Waals surface area contributed by atoms with Crippen LogP contribution in [0.25, 0.3) is 5.57 Å². The molecule has 0 aliphatic rings. The minimum Gasteiger partial charge on any atom is -0.494 e. The number of hydrogen-bond acceptors (Lipinski definition) is 4. The lowest BCUT2D eigenvalue weighted by Gasteiger charge is -2.12. The quantitative estimate of drug-likeness (QED) is 0.256. The number of amides is 2. The Labute approximate surface area is 212 Å². The van der Waals surface area contributed by atoms with Crippen LogP contribution in [0.3, 0.4) is 0 Å². The summed E-state index contributed by atoms with van der Waals surface area (Å²) in [6, 6.07) is 18.2. The first-order valence-electron chi connectivity index (χ1n) is 11.3. The van der Waals surface area contributed by atoms with Crippen molar-refractivity contribution in [2.24, 2.45) is 0 Å². The van der Waals surface area contributed by atoms with Gasteiger partial charge >= 0.3 is 6.18 Å². The minimum absolute atomic E-state index is 0.429. The highest BCUT2D eigenvalue weighted by Gasteiger charge is 2.30. The largest absolute Gasteiger partial charge is 0.494 e. The monoisotopic (exact) mass is 510 g/mol. The maximum absolute atomic E-state index is 13.0. The number of nitrogens with one attached hydrogen (secondary N) is 2. The van der Waals surface area contributed by atoms with Gasteiger partial charge in [0.05, 0.1) is 12.2 Å². The van der Waals surface area contributed by atoms with Crippen molar-refractivity contribution < 1.29 is 32.6 Å². The number of halogens is 3. The van der Waals surface area contributed by atoms with Gasteiger partial charge in [-0.2, -0.15) is 13.2 Å². The molecule has 0 bridgehead atoms. The van der Waals surface area contributed by atoms with Crippen molar-refractivity contribution in [3.8, 4) is 5.75 Å². The first kappa shape index (κ1) is 27.2. The Morgan fingerprint density at radius 2 is 1.41 bits per heavy atom. The molecular weight excluding hydrogens is 485 g/mol. The molecule has 3 N–H and O–H groups in total. The van der Waals surface area contributed by atoms with Gasteiger partial charge in [0, 0.05) is 17.5 Å². The summed E-state index contributed by atoms with van der Waals surface area (Å²) >= 11 is 0. The summed E-state index contributed by atoms with van der Waals surface area (Å²) in [6.45, 7) is 1.72. The number of rotatable bonds is 9. The van der Waals surface area contributed by atoms with Crippen LogP contribution in [-0.2, 0) is 15.8 Å². The molecule has 3 rings (SSSR count). The zero-order chi connectivity index (χ0) is 26.8. The smallest absolute Gasteiger partial charge is 0.416 e. The molecule has 6 nitrogen and oxygen atoms in total. The van der Waals surface area contributed by atoms with Gasteiger partial charge in [-0.15, -0.1) is 0 Å². The number of carbonyl (C=O) groups is 2. The summed E-state index contributed by atoms with van der Waals surface area (Å²) in [5.41, 5.74) is 2.09. The molecule has 0 aliphatic heterocycles. The van der Waals surface area contributed by atoms with Gasteiger partial charge in [-0.05, 0) is 72.2 Å². The fourth-order valence-electron chi connectivity index (χ4n) is 3.35. The standard InChI is InChI=1S/C28H25F3N2O4/c1-2-37-24-16-8-20(9-17-24)25(19-6-10-21(11-7-19)28(29,30)31)4-3-5-26(35)32-22-12-14-23(15-13-22)33-27(36)18-34/h3-17,34H,2,18H2,1H3,(H,32,35)(H,33,36)/b5-3+,25-4+. The van der Waals surface area contributed by atoms with Crippen LogP contribution in [0.5, 0.6) is 5.75 Å². The van der Waals surface area contributed by atoms with Gasteiger partial charge in [0.2, 0.25) is 11.8 Å². The highest BCUT2D eigenvalue weighted by atomic mass is 19.4. The van der Waals surface area contributed by atoms with E-state index in [1.807, 2.05) is 6.92 Å². The third kappa shape index (κ3) is 8.08. The molecule has 3 aromatic rings. The van der Waals surface area contributed by atoms with Gasteiger partial charge in [0.1, 0.15) is 12.4 Å². The van der Waals surface area contributed by atoms with Crippen molar-refractivity contribution in [2.45, 2.75) is 13.1 Å². The lowest BCUT2D eigenvalue weighted by atomic mass is 9.96. The van der Waals surface area contributed by atoms with Crippen LogP contribution in [0, 0.1) is 0 Å². The highest BCUT2D eigenvalue weighted by Crippen LogP contribution is 2.32. The number of aliphatic hydroxyl groups is 1. The lowest BCUT2D eigenvalue weighted by molar-refractivity contribution is -0.137. The van der Waals surface area contributed by atoms with E-state index in [9.17, 15) is 22.8 Å². The maximum atomic E-state index is 13.0. The molecule has 192 valence electrons. The second-order valence-corrected chi connectivity index (χ2v) is 7.74. The van der Waals surface area contributed by atoms with Gasteiger partial charge < -0.3 is 20.5 Å². The van der Waals surface area contributed by atoms with Gasteiger partial charge in [0.25, 0.3) is 0 Å². The molecule has 0 atom stereocenters. The number of ether oxygens (including phenoxy) is 1. The van der Waals surface area contributed by atoms with Crippen molar-refractivity contribution in [3.05, 3.63) is 108 Å². The van der Waals surface area contributed by atoms with Crippen LogP contribution >= 0.6 is 0 Å². The fourth-order valence-corrected chi connectivity index (χ4v) is 3.35. The fraction of sp³-hybridized carbons (Fsp3) is 0.143. The van der Waals surface area contributed by atoms with Crippen LogP contribution in [0.15, 0.2) is 91.0 Å². The molecule has 0 aliphatic carbocycles. The van der Waals surface area contributed by atoms with E-state index in [-0.39, 0.29) is 0 Å². The maximum Gasteiger partial charge on any atom is 0.416 e. The van der Waals surface area contributed by atoms with E-state index >= 15 is 0 Å². The average Bonchev–Trinajstić information content (AvgIpc) is 2.88. The van der Waals surface area contributed by atoms with E-state index in [0.717, 1.165) is 17.7 Å². The molecule has 2 amide bonds. The second-order valence-electron chi connectivity index (χ2n) is 7.74. The molecular formula is C28H25F3N2O4. The molecule has 0 spiro atoms. The van der Waals surface area contributed by atoms with Gasteiger partial charge in [-0.1, -0.05) is 36.4 Å². The van der Waals surface area contributed by atoms with E-state index in [0.29, 0.717) is 34.9 Å². The van der Waals surface area contributed by atoms with Crippen LogP contribution in [-0.4, -0.2) is 30.1 Å². The lowest BCUT2D eigenvalue weighted by Crippen LogP contribution is -2.15. The second kappa shape index (κ2) is 12.5. The molecule has 0 heterocycles. The first-order valence-corrected chi connectivity index (χ1v) is 11.3. The van der Waals surface area contributed by atoms with E-state index < -0.39 is 30.2 Å². The number of benzene rings is 3. The molecule has 3 aromatic carbocycles. The van der Waals surface area contributed by atoms with Gasteiger partial charge in [-0.3, -0.25) is 9.59 Å². The summed E-state index contributed by atoms with van der Waals surface area (Å²) in [5.74, 6) is -0.320. The summed E-state index contributed by atoms with van der Waals surface area (Å²) in [6.07, 6.45) is 0.00225. The zero-order valence-corrected chi connectivity index (χ0v) is 19.9. The Balaban J connectivity index is 1.79. The van der Waals surface area contributed by atoms with Gasteiger partial charge in [-0.25, -0.2) is 0 Å². The van der Waals surface area contributed by atoms with Crippen molar-refractivity contribution in [1.29, 1.82) is 0 Å². The van der Waals surface area contributed by atoms with Crippen LogP contribution in [0.4, 0.5) is 24.5 Å². The minimum atomic E-state index is -4.44. The molecule has 0 saturated carbocycles. The van der Waals surface area contributed by atoms with E-state index in [1.165, 1.54) is 24.3 Å². The SMILES string of the molecule is CCOc1ccc(/C(=C/C=C/C(=O)Nc2ccc(NC(=O)CO)cc2)c2ccc(C(F)(F)F)cc2)cc1. The Kier molecular flexibility index (Phi) is 9.23. The Morgan fingerprint density at radius 1 is 0.865 bits per heavy atom. The van der Waals surface area contributed by atoms with Crippen molar-refractivity contribution >= 4 is 28.8 Å². The number of hydrogen-bond donors (Lipinski definition) is 3. The molecule has 0 saturated heterocycles. The predicted molar refractivity (Wildman–Crippen MR) is 136 cm³/mol. The predicted octanol–water partition coefficient (Wildman–Crippen LogP) is 5.66. The molecule has 0 radical (unpaired) electrons. The van der Waals surface area contributed by atoms with Crippen molar-refractivity contribution in [1.82, 2.24) is 0 Å². The Bertz CT molecular complexity index is 1260. The number of aliphatic hydroxyl groups excluding tert-OH is 1. The third-order valence-electron chi connectivity index (χ3n) is 5.09. The number of anilines is 2. The summed E-state index contributed by atoms with van der Waals surface area (Å²) in [7, 11) is 0. The van der Waals surface area contributed by atoms with Crippen molar-refractivity contribution in [2.75, 3.05) is 23.8 Å². The topological polar surface area (TPSA) is 87.7 Å². The Morgan fingerprint density at radius 3 is 1.92 bits per heavy atom.